The van der Waals surface area contributed by atoms with Gasteiger partial charge in [-0.3, -0.25) is 4.79 Å². The van der Waals surface area contributed by atoms with Gasteiger partial charge in [-0.1, -0.05) is 23.7 Å². The number of amides is 1. The molecule has 6 heteroatoms. The van der Waals surface area contributed by atoms with Crippen LogP contribution in [-0.4, -0.2) is 22.0 Å². The summed E-state index contributed by atoms with van der Waals surface area (Å²) in [6.45, 7) is 0. The van der Waals surface area contributed by atoms with Gasteiger partial charge in [0.25, 0.3) is 0 Å². The third-order valence-electron chi connectivity index (χ3n) is 2.55. The number of rotatable bonds is 4. The van der Waals surface area contributed by atoms with E-state index in [1.54, 1.807) is 24.3 Å². The van der Waals surface area contributed by atoms with Gasteiger partial charge >= 0.3 is 5.97 Å². The molecular formula is C14H11ClN2O3. The van der Waals surface area contributed by atoms with Crippen molar-refractivity contribution in [2.75, 3.05) is 5.32 Å². The minimum atomic E-state index is -1.14. The Morgan fingerprint density at radius 2 is 2.05 bits per heavy atom. The average molecular weight is 291 g/mol. The lowest BCUT2D eigenvalue weighted by molar-refractivity contribution is -0.115. The number of carbonyl (C=O) groups is 2. The summed E-state index contributed by atoms with van der Waals surface area (Å²) in [6.07, 6.45) is 1.51. The number of hydrogen-bond acceptors (Lipinski definition) is 3. The molecule has 0 saturated heterocycles. The minimum Gasteiger partial charge on any atom is -0.478 e. The smallest absolute Gasteiger partial charge is 0.339 e. The largest absolute Gasteiger partial charge is 0.478 e. The van der Waals surface area contributed by atoms with E-state index >= 15 is 0 Å². The highest BCUT2D eigenvalue weighted by Gasteiger charge is 2.13. The molecule has 0 atom stereocenters. The van der Waals surface area contributed by atoms with Crippen LogP contribution in [-0.2, 0) is 11.2 Å². The molecule has 0 unspecified atom stereocenters. The molecule has 1 heterocycles. The van der Waals surface area contributed by atoms with Gasteiger partial charge in [-0.2, -0.15) is 0 Å². The Morgan fingerprint density at radius 1 is 1.25 bits per heavy atom. The van der Waals surface area contributed by atoms with Crippen molar-refractivity contribution < 1.29 is 14.7 Å². The van der Waals surface area contributed by atoms with Crippen LogP contribution in [0.4, 0.5) is 5.82 Å². The quantitative estimate of drug-likeness (QED) is 0.907. The van der Waals surface area contributed by atoms with Crippen LogP contribution in [0.3, 0.4) is 0 Å². The summed E-state index contributed by atoms with van der Waals surface area (Å²) >= 11 is 5.83. The first kappa shape index (κ1) is 14.0. The normalized spacial score (nSPS) is 10.1. The summed E-state index contributed by atoms with van der Waals surface area (Å²) in [4.78, 5) is 26.7. The minimum absolute atomic E-state index is 0.0343. The van der Waals surface area contributed by atoms with Gasteiger partial charge in [0.05, 0.1) is 6.42 Å². The molecule has 0 bridgehead atoms. The summed E-state index contributed by atoms with van der Waals surface area (Å²) in [5, 5.41) is 12.0. The zero-order valence-electron chi connectivity index (χ0n) is 10.3. The predicted octanol–water partition coefficient (Wildman–Crippen LogP) is 2.61. The van der Waals surface area contributed by atoms with Gasteiger partial charge in [-0.05, 0) is 29.8 Å². The van der Waals surface area contributed by atoms with Crippen LogP contribution in [0.2, 0.25) is 5.02 Å². The van der Waals surface area contributed by atoms with Gasteiger partial charge < -0.3 is 10.4 Å². The van der Waals surface area contributed by atoms with Crippen LogP contribution in [0.1, 0.15) is 15.9 Å². The van der Waals surface area contributed by atoms with E-state index in [4.69, 9.17) is 16.7 Å². The third-order valence-corrected chi connectivity index (χ3v) is 2.78. The number of nitrogens with zero attached hydrogens (tertiary/aromatic N) is 1. The molecule has 0 aliphatic heterocycles. The number of carboxylic acids is 1. The van der Waals surface area contributed by atoms with E-state index in [1.807, 2.05) is 0 Å². The lowest BCUT2D eigenvalue weighted by Gasteiger charge is -2.07. The van der Waals surface area contributed by atoms with E-state index in [0.717, 1.165) is 5.56 Å². The van der Waals surface area contributed by atoms with Gasteiger partial charge in [-0.15, -0.1) is 0 Å². The number of hydrogen-bond donors (Lipinski definition) is 2. The van der Waals surface area contributed by atoms with Crippen molar-refractivity contribution in [2.24, 2.45) is 0 Å². The van der Waals surface area contributed by atoms with Crippen molar-refractivity contribution >= 4 is 29.3 Å². The fraction of sp³-hybridized carbons (Fsp3) is 0.0714. The van der Waals surface area contributed by atoms with Crippen molar-refractivity contribution in [2.45, 2.75) is 6.42 Å². The summed E-state index contributed by atoms with van der Waals surface area (Å²) in [6, 6.07) is 9.78. The highest BCUT2D eigenvalue weighted by atomic mass is 35.5. The third kappa shape index (κ3) is 3.55. The van der Waals surface area contributed by atoms with E-state index in [2.05, 4.69) is 10.3 Å². The number of halogens is 1. The Morgan fingerprint density at radius 3 is 2.75 bits per heavy atom. The van der Waals surface area contributed by atoms with Crippen LogP contribution >= 0.6 is 11.6 Å². The zero-order valence-corrected chi connectivity index (χ0v) is 11.1. The molecule has 0 radical (unpaired) electrons. The Labute approximate surface area is 120 Å². The molecule has 1 amide bonds. The molecule has 0 saturated carbocycles. The molecular weight excluding hydrogens is 280 g/mol. The molecule has 102 valence electrons. The molecule has 0 aliphatic carbocycles. The van der Waals surface area contributed by atoms with E-state index in [-0.39, 0.29) is 23.7 Å². The summed E-state index contributed by atoms with van der Waals surface area (Å²) in [5.41, 5.74) is 0.690. The first-order valence-corrected chi connectivity index (χ1v) is 6.16. The number of aromatic carboxylic acids is 1. The molecule has 2 rings (SSSR count). The molecule has 20 heavy (non-hydrogen) atoms. The lowest BCUT2D eigenvalue weighted by Crippen LogP contribution is -2.17. The molecule has 1 aromatic heterocycles. The topological polar surface area (TPSA) is 79.3 Å². The van der Waals surface area contributed by atoms with Crippen molar-refractivity contribution in [3.05, 3.63) is 58.7 Å². The number of nitrogens with one attached hydrogen (secondary N) is 1. The molecule has 5 nitrogen and oxygen atoms in total. The van der Waals surface area contributed by atoms with E-state index in [9.17, 15) is 9.59 Å². The van der Waals surface area contributed by atoms with Crippen LogP contribution < -0.4 is 5.32 Å². The maximum Gasteiger partial charge on any atom is 0.339 e. The monoisotopic (exact) mass is 290 g/mol. The summed E-state index contributed by atoms with van der Waals surface area (Å²) in [7, 11) is 0. The van der Waals surface area contributed by atoms with E-state index < -0.39 is 5.97 Å². The fourth-order valence-electron chi connectivity index (χ4n) is 1.69. The second-order valence-corrected chi connectivity index (χ2v) is 4.50. The number of pyridine rings is 1. The Balaban J connectivity index is 2.11. The number of aromatic nitrogens is 1. The number of carboxylic acid groups (broad SMARTS) is 1. The number of carbonyl (C=O) groups excluding carboxylic acids is 1. The highest BCUT2D eigenvalue weighted by molar-refractivity contribution is 6.30. The van der Waals surface area contributed by atoms with Gasteiger partial charge in [0.1, 0.15) is 11.4 Å². The van der Waals surface area contributed by atoms with E-state index in [1.165, 1.54) is 18.3 Å². The van der Waals surface area contributed by atoms with Crippen LogP contribution in [0.5, 0.6) is 0 Å². The fourth-order valence-corrected chi connectivity index (χ4v) is 1.90. The summed E-state index contributed by atoms with van der Waals surface area (Å²) < 4.78 is 0. The van der Waals surface area contributed by atoms with Gasteiger partial charge in [0, 0.05) is 11.2 Å². The Kier molecular flexibility index (Phi) is 4.32. The number of anilines is 1. The first-order valence-electron chi connectivity index (χ1n) is 5.79. The molecule has 2 N–H and O–H groups in total. The van der Waals surface area contributed by atoms with Crippen LogP contribution in [0.25, 0.3) is 0 Å². The van der Waals surface area contributed by atoms with Crippen molar-refractivity contribution in [1.29, 1.82) is 0 Å². The average Bonchev–Trinajstić information content (AvgIpc) is 2.38. The van der Waals surface area contributed by atoms with Gasteiger partial charge in [0.15, 0.2) is 0 Å². The standard InChI is InChI=1S/C14H11ClN2O3/c15-10-4-1-3-9(7-10)8-12(18)17-13-11(14(19)20)5-2-6-16-13/h1-7H,8H2,(H,19,20)(H,16,17,18). The van der Waals surface area contributed by atoms with Crippen LogP contribution in [0, 0.1) is 0 Å². The van der Waals surface area contributed by atoms with Gasteiger partial charge in [-0.25, -0.2) is 9.78 Å². The predicted molar refractivity (Wildman–Crippen MR) is 75.0 cm³/mol. The molecule has 0 spiro atoms. The van der Waals surface area contributed by atoms with Crippen LogP contribution in [0.15, 0.2) is 42.6 Å². The van der Waals surface area contributed by atoms with Crippen molar-refractivity contribution in [3.8, 4) is 0 Å². The van der Waals surface area contributed by atoms with E-state index in [0.29, 0.717) is 5.02 Å². The Bertz CT molecular complexity index is 658. The molecule has 0 aliphatic rings. The second kappa shape index (κ2) is 6.16. The molecule has 1 aromatic carbocycles. The van der Waals surface area contributed by atoms with Crippen molar-refractivity contribution in [1.82, 2.24) is 4.98 Å². The first-order chi connectivity index (χ1) is 9.56. The molecule has 2 aromatic rings. The summed E-state index contributed by atoms with van der Waals surface area (Å²) in [5.74, 6) is -1.46. The van der Waals surface area contributed by atoms with Crippen molar-refractivity contribution in [3.63, 3.8) is 0 Å². The number of benzene rings is 1. The molecule has 0 fully saturated rings. The van der Waals surface area contributed by atoms with Gasteiger partial charge in [0.2, 0.25) is 5.91 Å². The zero-order chi connectivity index (χ0) is 14.5. The SMILES string of the molecule is O=C(Cc1cccc(Cl)c1)Nc1ncccc1C(=O)O. The highest BCUT2D eigenvalue weighted by Crippen LogP contribution is 2.14. The maximum atomic E-state index is 11.9. The maximum absolute atomic E-state index is 11.9. The Hall–Kier alpha value is -2.40. The second-order valence-electron chi connectivity index (χ2n) is 4.06. The lowest BCUT2D eigenvalue weighted by atomic mass is 10.1.